The lowest BCUT2D eigenvalue weighted by Gasteiger charge is -2.37. The first-order valence-electron chi connectivity index (χ1n) is 7.22. The summed E-state index contributed by atoms with van der Waals surface area (Å²) in [5, 5.41) is 3.51. The molecule has 0 spiro atoms. The maximum Gasteiger partial charge on any atom is 0.257 e. The van der Waals surface area contributed by atoms with E-state index in [1.807, 2.05) is 6.92 Å². The highest BCUT2D eigenvalue weighted by molar-refractivity contribution is 7.89. The highest BCUT2D eigenvalue weighted by Gasteiger charge is 2.34. The predicted octanol–water partition coefficient (Wildman–Crippen LogP) is 0.619. The van der Waals surface area contributed by atoms with Crippen LogP contribution in [0.25, 0.3) is 0 Å². The van der Waals surface area contributed by atoms with Gasteiger partial charge in [0.1, 0.15) is 0 Å². The number of aryl methyl sites for hydroxylation is 1. The van der Waals surface area contributed by atoms with Gasteiger partial charge in [0.15, 0.2) is 5.03 Å². The molecule has 2 rings (SSSR count). The van der Waals surface area contributed by atoms with Crippen molar-refractivity contribution in [3.63, 3.8) is 0 Å². The van der Waals surface area contributed by atoms with E-state index in [1.165, 1.54) is 12.5 Å². The lowest BCUT2D eigenvalue weighted by atomic mass is 9.80. The van der Waals surface area contributed by atoms with E-state index in [2.05, 4.69) is 15.0 Å². The van der Waals surface area contributed by atoms with Crippen molar-refractivity contribution in [1.29, 1.82) is 0 Å². The van der Waals surface area contributed by atoms with Crippen LogP contribution in [0.5, 0.6) is 0 Å². The second-order valence-electron chi connectivity index (χ2n) is 5.53. The zero-order chi connectivity index (χ0) is 15.3. The van der Waals surface area contributed by atoms with Crippen molar-refractivity contribution in [3.8, 4) is 0 Å². The van der Waals surface area contributed by atoms with Crippen LogP contribution >= 0.6 is 12.4 Å². The van der Waals surface area contributed by atoms with Crippen molar-refractivity contribution >= 4 is 22.4 Å². The fraction of sp³-hybridized carbons (Fsp3) is 0.769. The second-order valence-corrected chi connectivity index (χ2v) is 7.24. The minimum Gasteiger partial charge on any atom is -0.384 e. The van der Waals surface area contributed by atoms with E-state index in [4.69, 9.17) is 4.74 Å². The van der Waals surface area contributed by atoms with Crippen LogP contribution in [0.4, 0.5) is 0 Å². The van der Waals surface area contributed by atoms with E-state index in [1.54, 1.807) is 11.7 Å². The van der Waals surface area contributed by atoms with Gasteiger partial charge in [-0.3, -0.25) is 0 Å². The molecular formula is C13H25ClN4O3S. The van der Waals surface area contributed by atoms with Gasteiger partial charge in [-0.25, -0.2) is 18.1 Å². The maximum absolute atomic E-state index is 12.4. The molecule has 1 fully saturated rings. The molecule has 1 aromatic rings. The Bertz CT molecular complexity index is 550. The van der Waals surface area contributed by atoms with Crippen LogP contribution in [-0.4, -0.2) is 51.3 Å². The zero-order valence-corrected chi connectivity index (χ0v) is 14.7. The van der Waals surface area contributed by atoms with Crippen LogP contribution in [0.3, 0.4) is 0 Å². The van der Waals surface area contributed by atoms with Crippen molar-refractivity contribution in [2.45, 2.75) is 31.3 Å². The molecule has 0 saturated carbocycles. The molecule has 0 radical (unpaired) electrons. The van der Waals surface area contributed by atoms with Gasteiger partial charge < -0.3 is 14.6 Å². The number of halogens is 1. The van der Waals surface area contributed by atoms with Gasteiger partial charge in [0, 0.05) is 25.6 Å². The minimum absolute atomic E-state index is 0. The summed E-state index contributed by atoms with van der Waals surface area (Å²) in [6.07, 6.45) is 4.72. The first-order valence-corrected chi connectivity index (χ1v) is 8.71. The van der Waals surface area contributed by atoms with Crippen molar-refractivity contribution in [1.82, 2.24) is 19.6 Å². The van der Waals surface area contributed by atoms with E-state index < -0.39 is 10.0 Å². The first-order chi connectivity index (χ1) is 10.0. The highest BCUT2D eigenvalue weighted by Crippen LogP contribution is 2.28. The quantitative estimate of drug-likeness (QED) is 0.751. The molecule has 2 heterocycles. The van der Waals surface area contributed by atoms with Crippen LogP contribution in [0, 0.1) is 5.41 Å². The summed E-state index contributed by atoms with van der Waals surface area (Å²) >= 11 is 0. The molecule has 9 heteroatoms. The molecule has 2 N–H and O–H groups in total. The zero-order valence-electron chi connectivity index (χ0n) is 13.0. The predicted molar refractivity (Wildman–Crippen MR) is 86.8 cm³/mol. The highest BCUT2D eigenvalue weighted by atomic mass is 35.5. The summed E-state index contributed by atoms with van der Waals surface area (Å²) in [4.78, 5) is 3.92. The summed E-state index contributed by atoms with van der Waals surface area (Å²) in [5.41, 5.74) is -0.135. The Labute approximate surface area is 138 Å². The Morgan fingerprint density at radius 3 is 2.73 bits per heavy atom. The topological polar surface area (TPSA) is 85.2 Å². The van der Waals surface area contributed by atoms with Gasteiger partial charge in [0.2, 0.25) is 0 Å². The molecule has 0 bridgehead atoms. The van der Waals surface area contributed by atoms with E-state index in [9.17, 15) is 8.42 Å². The van der Waals surface area contributed by atoms with Crippen molar-refractivity contribution in [3.05, 3.63) is 12.5 Å². The van der Waals surface area contributed by atoms with E-state index >= 15 is 0 Å². The van der Waals surface area contributed by atoms with Gasteiger partial charge in [-0.15, -0.1) is 12.4 Å². The molecule has 1 aliphatic rings. The summed E-state index contributed by atoms with van der Waals surface area (Å²) in [6, 6.07) is 0. The van der Waals surface area contributed by atoms with Gasteiger partial charge >= 0.3 is 0 Å². The smallest absolute Gasteiger partial charge is 0.257 e. The van der Waals surface area contributed by atoms with Crippen LogP contribution < -0.4 is 10.0 Å². The Morgan fingerprint density at radius 1 is 1.45 bits per heavy atom. The fourth-order valence-corrected chi connectivity index (χ4v) is 4.06. The standard InChI is InChI=1S/C13H24N4O3S.ClH/c1-3-17-11-15-8-12(17)21(18,19)16-9-13(10-20-2)4-6-14-7-5-13;/h8,11,14,16H,3-7,9-10H2,1-2H3;1H. The minimum atomic E-state index is -3.54. The van der Waals surface area contributed by atoms with Gasteiger partial charge in [-0.2, -0.15) is 0 Å². The third-order valence-electron chi connectivity index (χ3n) is 4.04. The molecule has 1 saturated heterocycles. The molecule has 0 amide bonds. The first kappa shape index (κ1) is 19.4. The van der Waals surface area contributed by atoms with E-state index in [0.29, 0.717) is 19.7 Å². The number of methoxy groups -OCH3 is 1. The largest absolute Gasteiger partial charge is 0.384 e. The third kappa shape index (κ3) is 4.42. The van der Waals surface area contributed by atoms with Crippen molar-refractivity contribution in [2.24, 2.45) is 5.41 Å². The monoisotopic (exact) mass is 352 g/mol. The molecular weight excluding hydrogens is 328 g/mol. The third-order valence-corrected chi connectivity index (χ3v) is 5.46. The number of hydrogen-bond acceptors (Lipinski definition) is 5. The van der Waals surface area contributed by atoms with Crippen LogP contribution in [-0.2, 0) is 21.3 Å². The number of nitrogens with one attached hydrogen (secondary N) is 2. The second kappa shape index (κ2) is 8.26. The van der Waals surface area contributed by atoms with Crippen LogP contribution in [0.15, 0.2) is 17.6 Å². The molecule has 1 aliphatic heterocycles. The number of rotatable bonds is 7. The lowest BCUT2D eigenvalue weighted by Crippen LogP contribution is -2.47. The molecule has 1 aromatic heterocycles. The molecule has 0 atom stereocenters. The number of aromatic nitrogens is 2. The summed E-state index contributed by atoms with van der Waals surface area (Å²) in [5.74, 6) is 0. The van der Waals surface area contributed by atoms with E-state index in [-0.39, 0.29) is 22.8 Å². The average molecular weight is 353 g/mol. The Morgan fingerprint density at radius 2 is 2.14 bits per heavy atom. The van der Waals surface area contributed by atoms with Crippen LogP contribution in [0.1, 0.15) is 19.8 Å². The maximum atomic E-state index is 12.4. The van der Waals surface area contributed by atoms with Crippen LogP contribution in [0.2, 0.25) is 0 Å². The molecule has 128 valence electrons. The summed E-state index contributed by atoms with van der Waals surface area (Å²) in [7, 11) is -1.88. The molecule has 7 nitrogen and oxygen atoms in total. The summed E-state index contributed by atoms with van der Waals surface area (Å²) < 4.78 is 34.5. The SMILES string of the molecule is CCn1cncc1S(=O)(=O)NCC1(COC)CCNCC1.Cl. The number of ether oxygens (including phenoxy) is 1. The normalized spacial score (nSPS) is 17.9. The number of sulfonamides is 1. The Kier molecular flexibility index (Phi) is 7.27. The molecule has 0 aliphatic carbocycles. The lowest BCUT2D eigenvalue weighted by molar-refractivity contribution is 0.0577. The average Bonchev–Trinajstić information content (AvgIpc) is 2.96. The molecule has 22 heavy (non-hydrogen) atoms. The van der Waals surface area contributed by atoms with Gasteiger partial charge in [-0.1, -0.05) is 0 Å². The molecule has 0 aromatic carbocycles. The van der Waals surface area contributed by atoms with Gasteiger partial charge in [0.05, 0.1) is 19.1 Å². The van der Waals surface area contributed by atoms with Crippen molar-refractivity contribution < 1.29 is 13.2 Å². The van der Waals surface area contributed by atoms with Gasteiger partial charge in [0.25, 0.3) is 10.0 Å². The number of nitrogens with zero attached hydrogens (tertiary/aromatic N) is 2. The number of imidazole rings is 1. The fourth-order valence-electron chi connectivity index (χ4n) is 2.73. The number of hydrogen-bond donors (Lipinski definition) is 2. The van der Waals surface area contributed by atoms with Crippen molar-refractivity contribution in [2.75, 3.05) is 33.4 Å². The van der Waals surface area contributed by atoms with Gasteiger partial charge in [-0.05, 0) is 32.9 Å². The Hall–Kier alpha value is -0.670. The van der Waals surface area contributed by atoms with E-state index in [0.717, 1.165) is 25.9 Å². The Balaban J connectivity index is 0.00000242. The molecule has 0 unspecified atom stereocenters. The number of piperidine rings is 1. The summed E-state index contributed by atoms with van der Waals surface area (Å²) in [6.45, 7) is 5.18.